The fourth-order valence-electron chi connectivity index (χ4n) is 2.17. The van der Waals surface area contributed by atoms with E-state index >= 15 is 0 Å². The largest absolute Gasteiger partial charge is 0.480 e. The predicted octanol–water partition coefficient (Wildman–Crippen LogP) is 3.47. The highest BCUT2D eigenvalue weighted by Gasteiger charge is 2.34. The van der Waals surface area contributed by atoms with Gasteiger partial charge in [-0.25, -0.2) is 14.8 Å². The number of halogens is 3. The van der Waals surface area contributed by atoms with Gasteiger partial charge in [0.1, 0.15) is 11.9 Å². The maximum Gasteiger partial charge on any atom is 0.433 e. The summed E-state index contributed by atoms with van der Waals surface area (Å²) in [6.45, 7) is 3.64. The Hall–Kier alpha value is -2.71. The van der Waals surface area contributed by atoms with Crippen LogP contribution in [0.3, 0.4) is 0 Å². The molecule has 2 aromatic heterocycles. The Kier molecular flexibility index (Phi) is 5.55. The minimum absolute atomic E-state index is 0.0391. The van der Waals surface area contributed by atoms with Crippen LogP contribution in [-0.2, 0) is 11.0 Å². The van der Waals surface area contributed by atoms with E-state index in [1.54, 1.807) is 0 Å². The van der Waals surface area contributed by atoms with Crippen molar-refractivity contribution in [1.29, 1.82) is 0 Å². The van der Waals surface area contributed by atoms with E-state index in [0.29, 0.717) is 11.6 Å². The second-order valence-corrected chi connectivity index (χ2v) is 5.86. The first-order chi connectivity index (χ1) is 11.7. The van der Waals surface area contributed by atoms with E-state index in [1.165, 1.54) is 24.5 Å². The monoisotopic (exact) mass is 354 g/mol. The molecule has 2 aromatic rings. The molecule has 25 heavy (non-hydrogen) atoms. The summed E-state index contributed by atoms with van der Waals surface area (Å²) in [6.07, 6.45) is -1.63. The van der Waals surface area contributed by atoms with Crippen molar-refractivity contribution >= 4 is 11.8 Å². The summed E-state index contributed by atoms with van der Waals surface area (Å²) in [7, 11) is 0. The Balaban J connectivity index is 2.44. The molecule has 0 spiro atoms. The molecule has 2 N–H and O–H groups in total. The molecule has 0 saturated heterocycles. The van der Waals surface area contributed by atoms with Crippen molar-refractivity contribution in [3.63, 3.8) is 0 Å². The number of nitrogens with zero attached hydrogens (tertiary/aromatic N) is 3. The van der Waals surface area contributed by atoms with Crippen LogP contribution >= 0.6 is 0 Å². The van der Waals surface area contributed by atoms with Crippen molar-refractivity contribution in [2.24, 2.45) is 5.92 Å². The van der Waals surface area contributed by atoms with Gasteiger partial charge in [-0.3, -0.25) is 4.98 Å². The molecule has 6 nitrogen and oxygen atoms in total. The highest BCUT2D eigenvalue weighted by molar-refractivity contribution is 5.77. The zero-order valence-corrected chi connectivity index (χ0v) is 13.6. The van der Waals surface area contributed by atoms with Gasteiger partial charge in [0.2, 0.25) is 0 Å². The molecule has 1 atom stereocenters. The van der Waals surface area contributed by atoms with E-state index < -0.39 is 23.9 Å². The fourth-order valence-corrected chi connectivity index (χ4v) is 2.17. The molecule has 0 aliphatic heterocycles. The molecule has 1 unspecified atom stereocenters. The maximum atomic E-state index is 13.1. The van der Waals surface area contributed by atoms with Crippen LogP contribution in [0.1, 0.15) is 26.0 Å². The van der Waals surface area contributed by atoms with Gasteiger partial charge in [0.15, 0.2) is 11.5 Å². The first-order valence-electron chi connectivity index (χ1n) is 7.53. The van der Waals surface area contributed by atoms with Crippen molar-refractivity contribution in [1.82, 2.24) is 15.0 Å². The molecular weight excluding hydrogens is 337 g/mol. The molecule has 0 bridgehead atoms. The standard InChI is InChI=1S/C16H17F3N4O2/c1-9(2)7-11(15(24)25)21-13-8-12(16(17,18)19)22-14(23-13)10-3-5-20-6-4-10/h3-6,8-9,11H,7H2,1-2H3,(H,24,25)(H,21,22,23). The van der Waals surface area contributed by atoms with Gasteiger partial charge in [-0.15, -0.1) is 0 Å². The lowest BCUT2D eigenvalue weighted by atomic mass is 10.0. The zero-order valence-electron chi connectivity index (χ0n) is 13.6. The molecule has 134 valence electrons. The minimum Gasteiger partial charge on any atom is -0.480 e. The number of hydrogen-bond donors (Lipinski definition) is 2. The van der Waals surface area contributed by atoms with Crippen LogP contribution in [0.5, 0.6) is 0 Å². The summed E-state index contributed by atoms with van der Waals surface area (Å²) in [5.41, 5.74) is -0.801. The summed E-state index contributed by atoms with van der Waals surface area (Å²) < 4.78 is 39.4. The number of nitrogens with one attached hydrogen (secondary N) is 1. The first kappa shape index (κ1) is 18.6. The number of pyridine rings is 1. The lowest BCUT2D eigenvalue weighted by Crippen LogP contribution is -2.31. The highest BCUT2D eigenvalue weighted by atomic mass is 19.4. The second-order valence-electron chi connectivity index (χ2n) is 5.86. The third-order valence-electron chi connectivity index (χ3n) is 3.28. The molecule has 0 saturated carbocycles. The van der Waals surface area contributed by atoms with E-state index in [0.717, 1.165) is 0 Å². The van der Waals surface area contributed by atoms with Crippen LogP contribution in [-0.4, -0.2) is 32.1 Å². The van der Waals surface area contributed by atoms with Crippen molar-refractivity contribution < 1.29 is 23.1 Å². The Bertz CT molecular complexity index is 736. The topological polar surface area (TPSA) is 88.0 Å². The molecule has 2 heterocycles. The molecule has 9 heteroatoms. The Morgan fingerprint density at radius 3 is 2.40 bits per heavy atom. The first-order valence-corrected chi connectivity index (χ1v) is 7.53. The van der Waals surface area contributed by atoms with Crippen molar-refractivity contribution in [2.45, 2.75) is 32.5 Å². The number of alkyl halides is 3. The van der Waals surface area contributed by atoms with Gasteiger partial charge in [0.05, 0.1) is 0 Å². The van der Waals surface area contributed by atoms with Crippen LogP contribution in [0.25, 0.3) is 11.4 Å². The molecule has 0 aromatic carbocycles. The summed E-state index contributed by atoms with van der Waals surface area (Å²) >= 11 is 0. The van der Waals surface area contributed by atoms with E-state index in [2.05, 4.69) is 20.3 Å². The molecule has 0 fully saturated rings. The maximum absolute atomic E-state index is 13.1. The van der Waals surface area contributed by atoms with Crippen molar-refractivity contribution in [3.8, 4) is 11.4 Å². The molecule has 0 aliphatic rings. The molecule has 0 radical (unpaired) electrons. The van der Waals surface area contributed by atoms with Crippen LogP contribution < -0.4 is 5.32 Å². The fraction of sp³-hybridized carbons (Fsp3) is 0.375. The van der Waals surface area contributed by atoms with E-state index in [-0.39, 0.29) is 24.0 Å². The van der Waals surface area contributed by atoms with Gasteiger partial charge in [-0.05, 0) is 24.5 Å². The number of hydrogen-bond acceptors (Lipinski definition) is 5. The third-order valence-corrected chi connectivity index (χ3v) is 3.28. The normalized spacial score (nSPS) is 12.9. The third kappa shape index (κ3) is 5.13. The zero-order chi connectivity index (χ0) is 18.6. The number of anilines is 1. The molecular formula is C16H17F3N4O2. The number of aromatic nitrogens is 3. The van der Waals surface area contributed by atoms with Gasteiger partial charge in [0.25, 0.3) is 0 Å². The highest BCUT2D eigenvalue weighted by Crippen LogP contribution is 2.31. The summed E-state index contributed by atoms with van der Waals surface area (Å²) in [5, 5.41) is 11.8. The smallest absolute Gasteiger partial charge is 0.433 e. The summed E-state index contributed by atoms with van der Waals surface area (Å²) in [5.74, 6) is -1.47. The van der Waals surface area contributed by atoms with E-state index in [4.69, 9.17) is 0 Å². The molecule has 2 rings (SSSR count). The van der Waals surface area contributed by atoms with Gasteiger partial charge >= 0.3 is 12.1 Å². The van der Waals surface area contributed by atoms with Gasteiger partial charge in [0, 0.05) is 24.0 Å². The minimum atomic E-state index is -4.68. The average molecular weight is 354 g/mol. The van der Waals surface area contributed by atoms with Crippen LogP contribution in [0.4, 0.5) is 19.0 Å². The number of carboxylic acids is 1. The van der Waals surface area contributed by atoms with Gasteiger partial charge < -0.3 is 10.4 Å². The van der Waals surface area contributed by atoms with Crippen LogP contribution in [0.15, 0.2) is 30.6 Å². The van der Waals surface area contributed by atoms with Crippen molar-refractivity contribution in [3.05, 3.63) is 36.3 Å². The SMILES string of the molecule is CC(C)CC(Nc1cc(C(F)(F)F)nc(-c2ccncc2)n1)C(=O)O. The molecule has 0 aliphatic carbocycles. The quantitative estimate of drug-likeness (QED) is 0.826. The Morgan fingerprint density at radius 2 is 1.88 bits per heavy atom. The number of aliphatic carboxylic acids is 1. The van der Waals surface area contributed by atoms with Gasteiger partial charge in [-0.2, -0.15) is 13.2 Å². The Labute approximate surface area is 142 Å². The summed E-state index contributed by atoms with van der Waals surface area (Å²) in [6, 6.07) is 2.60. The number of carboxylic acid groups (broad SMARTS) is 1. The lowest BCUT2D eigenvalue weighted by molar-refractivity contribution is -0.141. The Morgan fingerprint density at radius 1 is 1.24 bits per heavy atom. The number of rotatable bonds is 6. The summed E-state index contributed by atoms with van der Waals surface area (Å²) in [4.78, 5) is 22.7. The molecule has 0 amide bonds. The lowest BCUT2D eigenvalue weighted by Gasteiger charge is -2.18. The average Bonchev–Trinajstić information content (AvgIpc) is 2.53. The number of carbonyl (C=O) groups is 1. The van der Waals surface area contributed by atoms with Crippen LogP contribution in [0.2, 0.25) is 0 Å². The van der Waals surface area contributed by atoms with E-state index in [1.807, 2.05) is 13.8 Å². The predicted molar refractivity (Wildman–Crippen MR) is 84.8 cm³/mol. The van der Waals surface area contributed by atoms with Crippen molar-refractivity contribution in [2.75, 3.05) is 5.32 Å². The van der Waals surface area contributed by atoms with Crippen LogP contribution in [0, 0.1) is 5.92 Å². The van der Waals surface area contributed by atoms with E-state index in [9.17, 15) is 23.1 Å². The second kappa shape index (κ2) is 7.45. The van der Waals surface area contributed by atoms with Gasteiger partial charge in [-0.1, -0.05) is 13.8 Å².